The fourth-order valence-electron chi connectivity index (χ4n) is 2.42. The molecule has 3 aliphatic rings. The van der Waals surface area contributed by atoms with E-state index in [9.17, 15) is 0 Å². The fraction of sp³-hybridized carbons (Fsp3) is 0.286. The Bertz CT molecular complexity index is 451. The molecule has 1 heterocycles. The number of nitrogens with one attached hydrogen (secondary N) is 1. The SMILES string of the molecule is BrCC1=CC2=CC3=CC=CCC3NC2C=C1. The second-order valence-electron chi connectivity index (χ2n) is 4.38. The molecule has 82 valence electrons. The summed E-state index contributed by atoms with van der Waals surface area (Å²) < 4.78 is 0. The van der Waals surface area contributed by atoms with Crippen LogP contribution in [0.4, 0.5) is 0 Å². The van der Waals surface area contributed by atoms with Gasteiger partial charge in [-0.25, -0.2) is 0 Å². The van der Waals surface area contributed by atoms with Gasteiger partial charge < -0.3 is 0 Å². The maximum absolute atomic E-state index is 3.67. The van der Waals surface area contributed by atoms with Gasteiger partial charge in [-0.2, -0.15) is 0 Å². The maximum Gasteiger partial charge on any atom is 0.0514 e. The summed E-state index contributed by atoms with van der Waals surface area (Å²) in [5, 5.41) is 4.59. The van der Waals surface area contributed by atoms with Crippen molar-refractivity contribution in [2.24, 2.45) is 0 Å². The maximum atomic E-state index is 3.67. The molecule has 2 aliphatic carbocycles. The summed E-state index contributed by atoms with van der Waals surface area (Å²) in [4.78, 5) is 0. The number of hydrogen-bond acceptors (Lipinski definition) is 1. The summed E-state index contributed by atoms with van der Waals surface area (Å²) in [6.45, 7) is 0. The van der Waals surface area contributed by atoms with Gasteiger partial charge in [0.25, 0.3) is 0 Å². The first-order valence-electron chi connectivity index (χ1n) is 5.66. The van der Waals surface area contributed by atoms with Crippen molar-refractivity contribution in [1.82, 2.24) is 5.32 Å². The summed E-state index contributed by atoms with van der Waals surface area (Å²) in [7, 11) is 0. The average molecular weight is 276 g/mol. The van der Waals surface area contributed by atoms with Gasteiger partial charge in [-0.15, -0.1) is 0 Å². The standard InChI is InChI=1S/C14H14BrN/c15-9-10-5-6-14-12(7-10)8-11-3-1-2-4-13(11)16-14/h1-3,5-8,13-14,16H,4,9H2. The van der Waals surface area contributed by atoms with Crippen LogP contribution in [0.25, 0.3) is 0 Å². The Morgan fingerprint density at radius 2 is 2.25 bits per heavy atom. The number of rotatable bonds is 1. The van der Waals surface area contributed by atoms with Crippen LogP contribution in [-0.2, 0) is 0 Å². The van der Waals surface area contributed by atoms with Crippen LogP contribution in [0.15, 0.2) is 59.3 Å². The fourth-order valence-corrected chi connectivity index (χ4v) is 2.77. The molecule has 1 N–H and O–H groups in total. The molecule has 0 aromatic heterocycles. The lowest BCUT2D eigenvalue weighted by Crippen LogP contribution is -2.43. The van der Waals surface area contributed by atoms with E-state index in [0.717, 1.165) is 11.8 Å². The van der Waals surface area contributed by atoms with Crippen LogP contribution in [0.2, 0.25) is 0 Å². The molecule has 2 atom stereocenters. The van der Waals surface area contributed by atoms with Crippen LogP contribution in [0.3, 0.4) is 0 Å². The van der Waals surface area contributed by atoms with Crippen molar-refractivity contribution in [3.63, 3.8) is 0 Å². The van der Waals surface area contributed by atoms with Gasteiger partial charge in [0.05, 0.1) is 6.04 Å². The highest BCUT2D eigenvalue weighted by atomic mass is 79.9. The molecule has 0 saturated heterocycles. The predicted octanol–water partition coefficient (Wildman–Crippen LogP) is 3.03. The van der Waals surface area contributed by atoms with Crippen LogP contribution >= 0.6 is 15.9 Å². The minimum Gasteiger partial charge on any atom is -0.299 e. The lowest BCUT2D eigenvalue weighted by Gasteiger charge is -2.33. The molecule has 0 saturated carbocycles. The Morgan fingerprint density at radius 1 is 1.31 bits per heavy atom. The van der Waals surface area contributed by atoms with E-state index in [1.54, 1.807) is 0 Å². The number of halogens is 1. The Kier molecular flexibility index (Phi) is 2.70. The normalized spacial score (nSPS) is 31.2. The van der Waals surface area contributed by atoms with E-state index in [0.29, 0.717) is 12.1 Å². The molecule has 0 aromatic carbocycles. The molecule has 0 fully saturated rings. The molecular weight excluding hydrogens is 262 g/mol. The van der Waals surface area contributed by atoms with Gasteiger partial charge in [0, 0.05) is 11.4 Å². The Labute approximate surface area is 104 Å². The molecule has 1 aliphatic heterocycles. The molecule has 0 radical (unpaired) electrons. The molecule has 0 spiro atoms. The highest BCUT2D eigenvalue weighted by molar-refractivity contribution is 9.09. The molecule has 2 unspecified atom stereocenters. The second kappa shape index (κ2) is 4.19. The van der Waals surface area contributed by atoms with Crippen molar-refractivity contribution < 1.29 is 0 Å². The summed E-state index contributed by atoms with van der Waals surface area (Å²) in [6.07, 6.45) is 16.8. The van der Waals surface area contributed by atoms with Crippen molar-refractivity contribution in [2.75, 3.05) is 5.33 Å². The van der Waals surface area contributed by atoms with E-state index in [1.807, 2.05) is 0 Å². The minimum atomic E-state index is 0.399. The summed E-state index contributed by atoms with van der Waals surface area (Å²) >= 11 is 3.50. The van der Waals surface area contributed by atoms with Crippen molar-refractivity contribution in [3.05, 3.63) is 59.3 Å². The van der Waals surface area contributed by atoms with E-state index in [2.05, 4.69) is 63.8 Å². The molecule has 2 heteroatoms. The molecule has 16 heavy (non-hydrogen) atoms. The van der Waals surface area contributed by atoms with E-state index in [4.69, 9.17) is 0 Å². The third-order valence-corrected chi connectivity index (χ3v) is 3.93. The summed E-state index contributed by atoms with van der Waals surface area (Å²) in [5.41, 5.74) is 4.14. The van der Waals surface area contributed by atoms with Crippen molar-refractivity contribution in [3.8, 4) is 0 Å². The molecule has 3 rings (SSSR count). The summed E-state index contributed by atoms with van der Waals surface area (Å²) in [5.74, 6) is 0. The van der Waals surface area contributed by atoms with Gasteiger partial charge in [0.2, 0.25) is 0 Å². The zero-order valence-corrected chi connectivity index (χ0v) is 10.6. The number of hydrogen-bond donors (Lipinski definition) is 1. The first-order valence-corrected chi connectivity index (χ1v) is 6.78. The third-order valence-electron chi connectivity index (χ3n) is 3.28. The summed E-state index contributed by atoms with van der Waals surface area (Å²) in [6, 6.07) is 0.902. The van der Waals surface area contributed by atoms with E-state index in [1.165, 1.54) is 16.7 Å². The Hall–Kier alpha value is -0.860. The average Bonchev–Trinajstić information content (AvgIpc) is 2.35. The second-order valence-corrected chi connectivity index (χ2v) is 4.94. The quantitative estimate of drug-likeness (QED) is 0.726. The van der Waals surface area contributed by atoms with Crippen LogP contribution in [0.5, 0.6) is 0 Å². The number of fused-ring (bicyclic) bond motifs is 2. The third kappa shape index (κ3) is 1.76. The van der Waals surface area contributed by atoms with Crippen LogP contribution < -0.4 is 5.32 Å². The lowest BCUT2D eigenvalue weighted by molar-refractivity contribution is 0.540. The van der Waals surface area contributed by atoms with Crippen LogP contribution in [0, 0.1) is 0 Å². The monoisotopic (exact) mass is 275 g/mol. The van der Waals surface area contributed by atoms with Crippen molar-refractivity contribution in [2.45, 2.75) is 18.5 Å². The van der Waals surface area contributed by atoms with Gasteiger partial charge in [0.15, 0.2) is 0 Å². The molecular formula is C14H14BrN. The zero-order chi connectivity index (χ0) is 11.0. The smallest absolute Gasteiger partial charge is 0.0514 e. The van der Waals surface area contributed by atoms with Gasteiger partial charge in [0.1, 0.15) is 0 Å². The molecule has 0 amide bonds. The predicted molar refractivity (Wildman–Crippen MR) is 71.7 cm³/mol. The van der Waals surface area contributed by atoms with Crippen molar-refractivity contribution >= 4 is 15.9 Å². The largest absolute Gasteiger partial charge is 0.299 e. The van der Waals surface area contributed by atoms with Gasteiger partial charge in [-0.05, 0) is 23.1 Å². The highest BCUT2D eigenvalue weighted by Crippen LogP contribution is 2.28. The van der Waals surface area contributed by atoms with E-state index in [-0.39, 0.29) is 0 Å². The topological polar surface area (TPSA) is 12.0 Å². The van der Waals surface area contributed by atoms with Crippen LogP contribution in [-0.4, -0.2) is 17.4 Å². The van der Waals surface area contributed by atoms with Gasteiger partial charge in [-0.1, -0.05) is 58.5 Å². The number of allylic oxidation sites excluding steroid dienone is 4. The Morgan fingerprint density at radius 3 is 3.12 bits per heavy atom. The van der Waals surface area contributed by atoms with E-state index >= 15 is 0 Å². The minimum absolute atomic E-state index is 0.399. The van der Waals surface area contributed by atoms with Crippen LogP contribution in [0.1, 0.15) is 6.42 Å². The molecule has 1 nitrogen and oxygen atoms in total. The van der Waals surface area contributed by atoms with Gasteiger partial charge >= 0.3 is 0 Å². The van der Waals surface area contributed by atoms with Gasteiger partial charge in [-0.3, -0.25) is 5.32 Å². The number of alkyl halides is 1. The molecule has 0 bridgehead atoms. The first-order chi connectivity index (χ1) is 7.86. The Balaban J connectivity index is 1.97. The molecule has 0 aromatic rings. The van der Waals surface area contributed by atoms with Crippen molar-refractivity contribution in [1.29, 1.82) is 0 Å². The lowest BCUT2D eigenvalue weighted by atomic mass is 9.86. The highest BCUT2D eigenvalue weighted by Gasteiger charge is 2.25. The zero-order valence-electron chi connectivity index (χ0n) is 8.99. The first kappa shape index (κ1) is 10.3. The van der Waals surface area contributed by atoms with E-state index < -0.39 is 0 Å².